The maximum absolute atomic E-state index is 4.89. The summed E-state index contributed by atoms with van der Waals surface area (Å²) < 4.78 is 2.40. The number of rotatable bonds is 1. The minimum absolute atomic E-state index is 0.708. The van der Waals surface area contributed by atoms with Gasteiger partial charge in [-0.2, -0.15) is 0 Å². The molecule has 0 spiro atoms. The van der Waals surface area contributed by atoms with Gasteiger partial charge < -0.3 is 9.47 Å². The van der Waals surface area contributed by atoms with Crippen LogP contribution in [0.5, 0.6) is 0 Å². The Kier molecular flexibility index (Phi) is 2.95. The van der Waals surface area contributed by atoms with Gasteiger partial charge in [-0.05, 0) is 45.3 Å². The van der Waals surface area contributed by atoms with E-state index in [0.717, 1.165) is 5.92 Å². The lowest BCUT2D eigenvalue weighted by Crippen LogP contribution is -2.29. The monoisotopic (exact) mass is 233 g/mol. The Morgan fingerprint density at radius 3 is 2.71 bits per heavy atom. The number of imidazole rings is 1. The molecule has 3 heterocycles. The van der Waals surface area contributed by atoms with Crippen LogP contribution < -0.4 is 0 Å². The van der Waals surface area contributed by atoms with Crippen LogP contribution in [0.15, 0.2) is 6.20 Å². The van der Waals surface area contributed by atoms with Gasteiger partial charge in [0.1, 0.15) is 5.82 Å². The summed E-state index contributed by atoms with van der Waals surface area (Å²) in [5.41, 5.74) is 1.36. The first-order chi connectivity index (χ1) is 8.22. The molecule has 0 aliphatic carbocycles. The van der Waals surface area contributed by atoms with Crippen LogP contribution in [0.3, 0.4) is 0 Å². The van der Waals surface area contributed by atoms with E-state index < -0.39 is 0 Å². The lowest BCUT2D eigenvalue weighted by atomic mass is 9.94. The second kappa shape index (κ2) is 4.45. The Hall–Kier alpha value is -0.830. The largest absolute Gasteiger partial charge is 0.335 e. The zero-order chi connectivity index (χ0) is 11.8. The smallest absolute Gasteiger partial charge is 0.109 e. The minimum atomic E-state index is 0.708. The average molecular weight is 233 g/mol. The van der Waals surface area contributed by atoms with Crippen molar-refractivity contribution in [3.05, 3.63) is 17.7 Å². The van der Waals surface area contributed by atoms with E-state index in [1.807, 2.05) is 0 Å². The van der Waals surface area contributed by atoms with E-state index in [0.29, 0.717) is 5.92 Å². The summed E-state index contributed by atoms with van der Waals surface area (Å²) >= 11 is 0. The van der Waals surface area contributed by atoms with Crippen molar-refractivity contribution in [1.29, 1.82) is 0 Å². The first kappa shape index (κ1) is 11.3. The molecule has 2 aliphatic rings. The van der Waals surface area contributed by atoms with E-state index in [9.17, 15) is 0 Å². The predicted molar refractivity (Wildman–Crippen MR) is 69.2 cm³/mol. The average Bonchev–Trinajstić information content (AvgIpc) is 2.72. The topological polar surface area (TPSA) is 21.1 Å². The third kappa shape index (κ3) is 2.25. The molecule has 1 unspecified atom stereocenters. The molecule has 94 valence electrons. The van der Waals surface area contributed by atoms with Gasteiger partial charge in [0.2, 0.25) is 0 Å². The van der Waals surface area contributed by atoms with Gasteiger partial charge in [-0.1, -0.05) is 6.92 Å². The first-order valence-electron chi connectivity index (χ1n) is 6.97. The summed E-state index contributed by atoms with van der Waals surface area (Å²) in [5.74, 6) is 2.85. The lowest BCUT2D eigenvalue weighted by Gasteiger charge is -2.27. The van der Waals surface area contributed by atoms with Crippen molar-refractivity contribution in [1.82, 2.24) is 14.5 Å². The van der Waals surface area contributed by atoms with Gasteiger partial charge in [0, 0.05) is 25.1 Å². The van der Waals surface area contributed by atoms with Gasteiger partial charge in [0.25, 0.3) is 0 Å². The molecule has 0 saturated carbocycles. The summed E-state index contributed by atoms with van der Waals surface area (Å²) in [6.07, 6.45) is 7.38. The summed E-state index contributed by atoms with van der Waals surface area (Å²) in [6.45, 7) is 5.97. The number of likely N-dealkylation sites (tertiary alicyclic amines) is 1. The van der Waals surface area contributed by atoms with E-state index in [1.165, 1.54) is 56.8 Å². The van der Waals surface area contributed by atoms with E-state index in [2.05, 4.69) is 29.6 Å². The zero-order valence-electron chi connectivity index (χ0n) is 11.0. The number of hydrogen-bond donors (Lipinski definition) is 0. The second-order valence-corrected chi connectivity index (χ2v) is 5.95. The molecular formula is C14H23N3. The van der Waals surface area contributed by atoms with Crippen LogP contribution in [-0.2, 0) is 13.0 Å². The molecule has 0 N–H and O–H groups in total. The molecule has 2 aliphatic heterocycles. The number of aromatic nitrogens is 2. The van der Waals surface area contributed by atoms with Crippen LogP contribution in [-0.4, -0.2) is 34.6 Å². The van der Waals surface area contributed by atoms with Gasteiger partial charge in [0.15, 0.2) is 0 Å². The highest BCUT2D eigenvalue weighted by Crippen LogP contribution is 2.29. The SMILES string of the molecule is CC1CCn2cc(C3CCN(C)CC3)nc2C1. The Bertz CT molecular complexity index is 388. The predicted octanol–water partition coefficient (Wildman–Crippen LogP) is 2.27. The molecule has 3 heteroatoms. The van der Waals surface area contributed by atoms with Crippen molar-refractivity contribution in [3.8, 4) is 0 Å². The third-order valence-corrected chi connectivity index (χ3v) is 4.41. The van der Waals surface area contributed by atoms with Crippen LogP contribution in [0.4, 0.5) is 0 Å². The van der Waals surface area contributed by atoms with Crippen molar-refractivity contribution in [2.24, 2.45) is 5.92 Å². The molecular weight excluding hydrogens is 210 g/mol. The van der Waals surface area contributed by atoms with Gasteiger partial charge in [-0.25, -0.2) is 4.98 Å². The van der Waals surface area contributed by atoms with Crippen LogP contribution >= 0.6 is 0 Å². The van der Waals surface area contributed by atoms with Gasteiger partial charge in [-0.15, -0.1) is 0 Å². The molecule has 1 aromatic rings. The highest BCUT2D eigenvalue weighted by molar-refractivity contribution is 5.12. The van der Waals surface area contributed by atoms with Gasteiger partial charge in [-0.3, -0.25) is 0 Å². The van der Waals surface area contributed by atoms with E-state index in [4.69, 9.17) is 4.98 Å². The van der Waals surface area contributed by atoms with Crippen molar-refractivity contribution in [2.45, 2.75) is 45.1 Å². The van der Waals surface area contributed by atoms with Crippen LogP contribution in [0.1, 0.15) is 43.6 Å². The van der Waals surface area contributed by atoms with Crippen LogP contribution in [0, 0.1) is 5.92 Å². The second-order valence-electron chi connectivity index (χ2n) is 5.95. The normalized spacial score (nSPS) is 27.1. The van der Waals surface area contributed by atoms with E-state index >= 15 is 0 Å². The molecule has 0 radical (unpaired) electrons. The maximum Gasteiger partial charge on any atom is 0.109 e. The Morgan fingerprint density at radius 1 is 1.18 bits per heavy atom. The van der Waals surface area contributed by atoms with E-state index in [-0.39, 0.29) is 0 Å². The highest BCUT2D eigenvalue weighted by atomic mass is 15.1. The number of hydrogen-bond acceptors (Lipinski definition) is 2. The molecule has 1 fully saturated rings. The fraction of sp³-hybridized carbons (Fsp3) is 0.786. The first-order valence-corrected chi connectivity index (χ1v) is 6.97. The molecule has 1 atom stereocenters. The Balaban J connectivity index is 1.76. The van der Waals surface area contributed by atoms with Crippen LogP contribution in [0.2, 0.25) is 0 Å². The van der Waals surface area contributed by atoms with Crippen molar-refractivity contribution in [2.75, 3.05) is 20.1 Å². The number of aryl methyl sites for hydroxylation is 1. The Labute approximate surface area is 104 Å². The standard InChI is InChI=1S/C14H23N3/c1-11-3-8-17-10-13(15-14(17)9-11)12-4-6-16(2)7-5-12/h10-12H,3-9H2,1-2H3. The number of piperidine rings is 1. The molecule has 1 saturated heterocycles. The van der Waals surface area contributed by atoms with Crippen molar-refractivity contribution >= 4 is 0 Å². The van der Waals surface area contributed by atoms with Crippen LogP contribution in [0.25, 0.3) is 0 Å². The molecule has 1 aromatic heterocycles. The minimum Gasteiger partial charge on any atom is -0.335 e. The number of fused-ring (bicyclic) bond motifs is 1. The van der Waals surface area contributed by atoms with Crippen molar-refractivity contribution < 1.29 is 0 Å². The maximum atomic E-state index is 4.89. The summed E-state index contributed by atoms with van der Waals surface area (Å²) in [4.78, 5) is 7.32. The Morgan fingerprint density at radius 2 is 1.94 bits per heavy atom. The van der Waals surface area contributed by atoms with Crippen molar-refractivity contribution in [3.63, 3.8) is 0 Å². The molecule has 3 rings (SSSR count). The fourth-order valence-corrected chi connectivity index (χ4v) is 3.11. The summed E-state index contributed by atoms with van der Waals surface area (Å²) in [6, 6.07) is 0. The number of nitrogens with zero attached hydrogens (tertiary/aromatic N) is 3. The molecule has 17 heavy (non-hydrogen) atoms. The summed E-state index contributed by atoms with van der Waals surface area (Å²) in [7, 11) is 2.22. The fourth-order valence-electron chi connectivity index (χ4n) is 3.11. The zero-order valence-corrected chi connectivity index (χ0v) is 11.0. The third-order valence-electron chi connectivity index (χ3n) is 4.41. The lowest BCUT2D eigenvalue weighted by molar-refractivity contribution is 0.253. The molecule has 0 amide bonds. The van der Waals surface area contributed by atoms with Gasteiger partial charge in [0.05, 0.1) is 5.69 Å². The molecule has 0 aromatic carbocycles. The summed E-state index contributed by atoms with van der Waals surface area (Å²) in [5, 5.41) is 0. The highest BCUT2D eigenvalue weighted by Gasteiger charge is 2.24. The molecule has 3 nitrogen and oxygen atoms in total. The molecule has 0 bridgehead atoms. The van der Waals surface area contributed by atoms with E-state index in [1.54, 1.807) is 0 Å². The quantitative estimate of drug-likeness (QED) is 0.742. The van der Waals surface area contributed by atoms with Gasteiger partial charge >= 0.3 is 0 Å².